The van der Waals surface area contributed by atoms with E-state index in [9.17, 15) is 4.79 Å². The van der Waals surface area contributed by atoms with Gasteiger partial charge in [0, 0.05) is 12.1 Å². The fourth-order valence-corrected chi connectivity index (χ4v) is 2.96. The van der Waals surface area contributed by atoms with Gasteiger partial charge in [0.2, 0.25) is 0 Å². The number of ether oxygens (including phenoxy) is 3. The first kappa shape index (κ1) is 19.2. The number of nitrogens with zero attached hydrogens (tertiary/aromatic N) is 1. The van der Waals surface area contributed by atoms with Crippen molar-refractivity contribution < 1.29 is 19.0 Å². The zero-order chi connectivity index (χ0) is 19.2. The van der Waals surface area contributed by atoms with Crippen LogP contribution in [0.1, 0.15) is 29.8 Å². The number of benzene rings is 2. The summed E-state index contributed by atoms with van der Waals surface area (Å²) < 4.78 is 17.2. The fraction of sp³-hybridized carbons (Fsp3) is 0.409. The van der Waals surface area contributed by atoms with Crippen LogP contribution in [0.25, 0.3) is 0 Å². The molecule has 0 spiro atoms. The van der Waals surface area contributed by atoms with Crippen molar-refractivity contribution in [2.24, 2.45) is 0 Å². The van der Waals surface area contributed by atoms with E-state index in [0.29, 0.717) is 31.9 Å². The fourth-order valence-electron chi connectivity index (χ4n) is 2.96. The Balaban J connectivity index is 1.55. The smallest absolute Gasteiger partial charge is 0.254 e. The molecule has 1 atom stereocenters. The molecule has 0 aromatic heterocycles. The van der Waals surface area contributed by atoms with Crippen molar-refractivity contribution in [3.8, 4) is 11.5 Å². The molecule has 2 aromatic carbocycles. The summed E-state index contributed by atoms with van der Waals surface area (Å²) in [5.74, 6) is 1.59. The standard InChI is InChI=1S/C22H27NO4/c1-16(2)27-20-10-6-18(7-11-20)22(24)23-12-13-25-21(14-23)15-26-19-8-4-17(3)5-9-19/h4-11,16,21H,12-15H2,1-3H3. The topological polar surface area (TPSA) is 48.0 Å². The molecule has 3 rings (SSSR count). The van der Waals surface area contributed by atoms with Crippen molar-refractivity contribution >= 4 is 5.91 Å². The third-order valence-corrected chi connectivity index (χ3v) is 4.36. The van der Waals surface area contributed by atoms with Gasteiger partial charge >= 0.3 is 0 Å². The van der Waals surface area contributed by atoms with Gasteiger partial charge in [0.15, 0.2) is 0 Å². The maximum Gasteiger partial charge on any atom is 0.254 e. The van der Waals surface area contributed by atoms with Gasteiger partial charge in [-0.1, -0.05) is 17.7 Å². The minimum Gasteiger partial charge on any atom is -0.491 e. The van der Waals surface area contributed by atoms with Gasteiger partial charge in [0.05, 0.1) is 19.3 Å². The van der Waals surface area contributed by atoms with E-state index in [1.54, 1.807) is 0 Å². The molecule has 1 amide bonds. The van der Waals surface area contributed by atoms with Gasteiger partial charge in [-0.25, -0.2) is 0 Å². The van der Waals surface area contributed by atoms with E-state index in [0.717, 1.165) is 11.5 Å². The lowest BCUT2D eigenvalue weighted by atomic mass is 10.1. The van der Waals surface area contributed by atoms with Crippen LogP contribution < -0.4 is 9.47 Å². The Morgan fingerprint density at radius 2 is 1.78 bits per heavy atom. The van der Waals surface area contributed by atoms with Crippen LogP contribution >= 0.6 is 0 Å². The summed E-state index contributed by atoms with van der Waals surface area (Å²) in [6.07, 6.45) is -0.0207. The van der Waals surface area contributed by atoms with E-state index in [2.05, 4.69) is 0 Å². The molecular formula is C22H27NO4. The first-order valence-electron chi connectivity index (χ1n) is 9.38. The molecule has 144 valence electrons. The summed E-state index contributed by atoms with van der Waals surface area (Å²) >= 11 is 0. The van der Waals surface area contributed by atoms with Gasteiger partial charge in [-0.15, -0.1) is 0 Å². The molecule has 1 fully saturated rings. The number of carbonyl (C=O) groups excluding carboxylic acids is 1. The zero-order valence-corrected chi connectivity index (χ0v) is 16.2. The Labute approximate surface area is 160 Å². The minimum absolute atomic E-state index is 0.00901. The summed E-state index contributed by atoms with van der Waals surface area (Å²) in [5, 5.41) is 0. The third-order valence-electron chi connectivity index (χ3n) is 4.36. The summed E-state index contributed by atoms with van der Waals surface area (Å²) in [6, 6.07) is 15.2. The van der Waals surface area contributed by atoms with E-state index in [4.69, 9.17) is 14.2 Å². The highest BCUT2D eigenvalue weighted by molar-refractivity contribution is 5.94. The van der Waals surface area contributed by atoms with Gasteiger partial charge in [0.25, 0.3) is 5.91 Å². The molecule has 0 N–H and O–H groups in total. The summed E-state index contributed by atoms with van der Waals surface area (Å²) in [6.45, 7) is 8.05. The number of carbonyl (C=O) groups is 1. The Kier molecular flexibility index (Phi) is 6.35. The van der Waals surface area contributed by atoms with Crippen molar-refractivity contribution in [1.29, 1.82) is 0 Å². The number of morpholine rings is 1. The van der Waals surface area contributed by atoms with Gasteiger partial charge < -0.3 is 19.1 Å². The van der Waals surface area contributed by atoms with Gasteiger partial charge in [-0.05, 0) is 57.2 Å². The van der Waals surface area contributed by atoms with Gasteiger partial charge in [0.1, 0.15) is 24.2 Å². The van der Waals surface area contributed by atoms with Crippen molar-refractivity contribution in [2.45, 2.75) is 33.0 Å². The van der Waals surface area contributed by atoms with Gasteiger partial charge in [-0.2, -0.15) is 0 Å². The van der Waals surface area contributed by atoms with Crippen LogP contribution in [0, 0.1) is 6.92 Å². The Morgan fingerprint density at radius 3 is 2.44 bits per heavy atom. The molecule has 0 saturated carbocycles. The normalized spacial score (nSPS) is 17.0. The number of hydrogen-bond acceptors (Lipinski definition) is 4. The quantitative estimate of drug-likeness (QED) is 0.779. The van der Waals surface area contributed by atoms with Crippen molar-refractivity contribution in [3.05, 3.63) is 59.7 Å². The SMILES string of the molecule is Cc1ccc(OCC2CN(C(=O)c3ccc(OC(C)C)cc3)CCO2)cc1. The molecule has 1 saturated heterocycles. The molecule has 5 heteroatoms. The van der Waals surface area contributed by atoms with Crippen molar-refractivity contribution in [2.75, 3.05) is 26.3 Å². The molecule has 1 aliphatic heterocycles. The Bertz CT molecular complexity index is 740. The van der Waals surface area contributed by atoms with Crippen LogP contribution in [-0.4, -0.2) is 49.3 Å². The van der Waals surface area contributed by atoms with Crippen LogP contribution in [0.4, 0.5) is 0 Å². The average Bonchev–Trinajstić information content (AvgIpc) is 2.67. The molecule has 0 bridgehead atoms. The lowest BCUT2D eigenvalue weighted by molar-refractivity contribution is -0.0401. The van der Waals surface area contributed by atoms with E-state index < -0.39 is 0 Å². The predicted molar refractivity (Wildman–Crippen MR) is 105 cm³/mol. The average molecular weight is 369 g/mol. The molecule has 1 aliphatic rings. The number of rotatable bonds is 6. The summed E-state index contributed by atoms with van der Waals surface area (Å²) in [5.41, 5.74) is 1.85. The highest BCUT2D eigenvalue weighted by Crippen LogP contribution is 2.18. The Morgan fingerprint density at radius 1 is 1.11 bits per heavy atom. The number of amides is 1. The van der Waals surface area contributed by atoms with Crippen LogP contribution in [0.5, 0.6) is 11.5 Å². The lowest BCUT2D eigenvalue weighted by Gasteiger charge is -2.33. The molecule has 0 aliphatic carbocycles. The maximum atomic E-state index is 12.8. The maximum absolute atomic E-state index is 12.8. The summed E-state index contributed by atoms with van der Waals surface area (Å²) in [4.78, 5) is 14.6. The molecular weight excluding hydrogens is 342 g/mol. The number of aryl methyl sites for hydroxylation is 1. The van der Waals surface area contributed by atoms with Crippen molar-refractivity contribution in [1.82, 2.24) is 4.90 Å². The zero-order valence-electron chi connectivity index (χ0n) is 16.2. The summed E-state index contributed by atoms with van der Waals surface area (Å²) in [7, 11) is 0. The van der Waals surface area contributed by atoms with Gasteiger partial charge in [-0.3, -0.25) is 4.79 Å². The molecule has 27 heavy (non-hydrogen) atoms. The van der Waals surface area contributed by atoms with E-state index in [-0.39, 0.29) is 18.1 Å². The monoisotopic (exact) mass is 369 g/mol. The minimum atomic E-state index is -0.132. The molecule has 5 nitrogen and oxygen atoms in total. The number of hydrogen-bond donors (Lipinski definition) is 0. The predicted octanol–water partition coefficient (Wildman–Crippen LogP) is 3.70. The highest BCUT2D eigenvalue weighted by atomic mass is 16.5. The van der Waals surface area contributed by atoms with Crippen LogP contribution in [-0.2, 0) is 4.74 Å². The second-order valence-corrected chi connectivity index (χ2v) is 7.06. The van der Waals surface area contributed by atoms with Crippen molar-refractivity contribution in [3.63, 3.8) is 0 Å². The third kappa shape index (κ3) is 5.47. The molecule has 1 heterocycles. The van der Waals surface area contributed by atoms with Crippen LogP contribution in [0.15, 0.2) is 48.5 Å². The first-order valence-corrected chi connectivity index (χ1v) is 9.38. The molecule has 0 radical (unpaired) electrons. The first-order chi connectivity index (χ1) is 13.0. The van der Waals surface area contributed by atoms with Crippen LogP contribution in [0.2, 0.25) is 0 Å². The van der Waals surface area contributed by atoms with E-state index >= 15 is 0 Å². The largest absolute Gasteiger partial charge is 0.491 e. The second kappa shape index (κ2) is 8.91. The van der Waals surface area contributed by atoms with Crippen LogP contribution in [0.3, 0.4) is 0 Å². The highest BCUT2D eigenvalue weighted by Gasteiger charge is 2.25. The second-order valence-electron chi connectivity index (χ2n) is 7.06. The molecule has 2 aromatic rings. The Hall–Kier alpha value is -2.53. The molecule has 1 unspecified atom stereocenters. The van der Waals surface area contributed by atoms with E-state index in [1.807, 2.05) is 74.2 Å². The lowest BCUT2D eigenvalue weighted by Crippen LogP contribution is -2.47. The van der Waals surface area contributed by atoms with E-state index in [1.165, 1.54) is 5.56 Å².